The fourth-order valence-corrected chi connectivity index (χ4v) is 4.04. The minimum atomic E-state index is -3.44. The second kappa shape index (κ2) is 8.08. The second-order valence-corrected chi connectivity index (χ2v) is 9.20. The molecule has 1 heterocycles. The molecule has 0 spiro atoms. The summed E-state index contributed by atoms with van der Waals surface area (Å²) in [7, 11) is -3.44. The van der Waals surface area contributed by atoms with Crippen LogP contribution in [0.2, 0.25) is 0 Å². The van der Waals surface area contributed by atoms with E-state index in [1.54, 1.807) is 0 Å². The van der Waals surface area contributed by atoms with Crippen LogP contribution in [0, 0.1) is 0 Å². The van der Waals surface area contributed by atoms with Crippen molar-refractivity contribution in [1.82, 2.24) is 9.78 Å². The SMILES string of the molecule is CS(=O)(=O)c1ccc(-c2c(-c3ccc(O)cc3)c(C(F)F)nn2-c2ccc(O)cc2)cc1. The Balaban J connectivity index is 2.04. The molecule has 0 aliphatic rings. The maximum atomic E-state index is 14.1. The molecule has 0 unspecified atom stereocenters. The Labute approximate surface area is 182 Å². The third-order valence-corrected chi connectivity index (χ3v) is 6.05. The summed E-state index contributed by atoms with van der Waals surface area (Å²) >= 11 is 0. The average molecular weight is 456 g/mol. The van der Waals surface area contributed by atoms with Gasteiger partial charge >= 0.3 is 0 Å². The van der Waals surface area contributed by atoms with E-state index in [-0.39, 0.29) is 22.0 Å². The van der Waals surface area contributed by atoms with Gasteiger partial charge in [-0.2, -0.15) is 5.10 Å². The van der Waals surface area contributed by atoms with Crippen LogP contribution in [0.5, 0.6) is 11.5 Å². The van der Waals surface area contributed by atoms with Gasteiger partial charge < -0.3 is 10.2 Å². The van der Waals surface area contributed by atoms with E-state index in [1.807, 2.05) is 0 Å². The molecule has 6 nitrogen and oxygen atoms in total. The van der Waals surface area contributed by atoms with Gasteiger partial charge in [0, 0.05) is 17.4 Å². The summed E-state index contributed by atoms with van der Waals surface area (Å²) in [4.78, 5) is 0.0946. The molecule has 9 heteroatoms. The molecule has 1 aromatic heterocycles. The van der Waals surface area contributed by atoms with Crippen LogP contribution in [0.25, 0.3) is 28.1 Å². The van der Waals surface area contributed by atoms with Crippen LogP contribution in [-0.4, -0.2) is 34.7 Å². The lowest BCUT2D eigenvalue weighted by Gasteiger charge is -2.12. The average Bonchev–Trinajstić information content (AvgIpc) is 3.15. The largest absolute Gasteiger partial charge is 0.508 e. The van der Waals surface area contributed by atoms with Crippen molar-refractivity contribution in [3.63, 3.8) is 0 Å². The summed E-state index contributed by atoms with van der Waals surface area (Å²) in [5.41, 5.74) is 1.30. The first-order chi connectivity index (χ1) is 15.1. The zero-order valence-electron chi connectivity index (χ0n) is 16.8. The number of aromatic hydroxyl groups is 2. The Morgan fingerprint density at radius 1 is 0.812 bits per heavy atom. The Bertz CT molecular complexity index is 1360. The smallest absolute Gasteiger partial charge is 0.282 e. The lowest BCUT2D eigenvalue weighted by Crippen LogP contribution is -2.01. The van der Waals surface area contributed by atoms with Gasteiger partial charge in [-0.05, 0) is 54.1 Å². The summed E-state index contributed by atoms with van der Waals surface area (Å²) < 4.78 is 53.1. The van der Waals surface area contributed by atoms with Gasteiger partial charge in [-0.25, -0.2) is 21.9 Å². The molecule has 32 heavy (non-hydrogen) atoms. The van der Waals surface area contributed by atoms with Crippen molar-refractivity contribution in [2.24, 2.45) is 0 Å². The van der Waals surface area contributed by atoms with Crippen molar-refractivity contribution >= 4 is 9.84 Å². The first-order valence-corrected chi connectivity index (χ1v) is 11.3. The highest BCUT2D eigenvalue weighted by Crippen LogP contribution is 2.41. The highest BCUT2D eigenvalue weighted by atomic mass is 32.2. The molecule has 0 saturated heterocycles. The number of aromatic nitrogens is 2. The van der Waals surface area contributed by atoms with Crippen LogP contribution in [0.15, 0.2) is 77.7 Å². The number of phenolic OH excluding ortho intramolecular Hbond substituents is 2. The van der Waals surface area contributed by atoms with Crippen LogP contribution in [-0.2, 0) is 9.84 Å². The van der Waals surface area contributed by atoms with E-state index in [9.17, 15) is 27.4 Å². The van der Waals surface area contributed by atoms with Gasteiger partial charge in [0.15, 0.2) is 9.84 Å². The van der Waals surface area contributed by atoms with Crippen molar-refractivity contribution in [3.05, 3.63) is 78.5 Å². The normalized spacial score (nSPS) is 11.8. The first kappa shape index (κ1) is 21.5. The molecule has 0 bridgehead atoms. The predicted molar refractivity (Wildman–Crippen MR) is 116 cm³/mol. The molecular formula is C23H18F2N2O4S. The van der Waals surface area contributed by atoms with E-state index in [0.29, 0.717) is 22.5 Å². The van der Waals surface area contributed by atoms with Crippen molar-refractivity contribution in [1.29, 1.82) is 0 Å². The van der Waals surface area contributed by atoms with Gasteiger partial charge in [0.25, 0.3) is 6.43 Å². The quantitative estimate of drug-likeness (QED) is 0.443. The van der Waals surface area contributed by atoms with Gasteiger partial charge in [0.2, 0.25) is 0 Å². The van der Waals surface area contributed by atoms with Crippen LogP contribution < -0.4 is 0 Å². The molecule has 0 aliphatic heterocycles. The maximum Gasteiger partial charge on any atom is 0.282 e. The molecule has 2 N–H and O–H groups in total. The van der Waals surface area contributed by atoms with Gasteiger partial charge in [-0.15, -0.1) is 0 Å². The number of nitrogens with zero attached hydrogens (tertiary/aromatic N) is 2. The molecule has 164 valence electrons. The monoisotopic (exact) mass is 456 g/mol. The lowest BCUT2D eigenvalue weighted by atomic mass is 9.98. The van der Waals surface area contributed by atoms with Crippen molar-refractivity contribution < 1.29 is 27.4 Å². The predicted octanol–water partition coefficient (Wildman–Crippen LogP) is 4.96. The molecule has 0 fully saturated rings. The highest BCUT2D eigenvalue weighted by molar-refractivity contribution is 7.90. The lowest BCUT2D eigenvalue weighted by molar-refractivity contribution is 0.146. The van der Waals surface area contributed by atoms with Gasteiger partial charge in [-0.3, -0.25) is 0 Å². The summed E-state index contributed by atoms with van der Waals surface area (Å²) in [5.74, 6) is -0.00914. The standard InChI is InChI=1S/C23H18F2N2O4S/c1-32(30,31)19-12-4-15(5-13-19)22-20(14-2-8-17(28)9-3-14)21(23(24)25)26-27(22)16-6-10-18(29)11-7-16/h2-13,23,28-29H,1H3. The number of alkyl halides is 2. The topological polar surface area (TPSA) is 92.4 Å². The van der Waals surface area contributed by atoms with Gasteiger partial charge in [0.05, 0.1) is 16.3 Å². The van der Waals surface area contributed by atoms with E-state index in [1.165, 1.54) is 77.5 Å². The van der Waals surface area contributed by atoms with Crippen molar-refractivity contribution in [2.75, 3.05) is 6.26 Å². The Morgan fingerprint density at radius 3 is 1.81 bits per heavy atom. The number of sulfone groups is 1. The summed E-state index contributed by atoms with van der Waals surface area (Å²) in [6, 6.07) is 17.6. The number of halogens is 2. The Kier molecular flexibility index (Phi) is 5.43. The molecule has 0 radical (unpaired) electrons. The molecule has 0 aliphatic carbocycles. The zero-order valence-corrected chi connectivity index (χ0v) is 17.6. The summed E-state index contributed by atoms with van der Waals surface area (Å²) in [6.07, 6.45) is -1.81. The minimum Gasteiger partial charge on any atom is -0.508 e. The molecule has 4 aromatic rings. The third kappa shape index (κ3) is 4.06. The van der Waals surface area contributed by atoms with Crippen LogP contribution in [0.3, 0.4) is 0 Å². The molecule has 3 aromatic carbocycles. The van der Waals surface area contributed by atoms with Crippen LogP contribution in [0.4, 0.5) is 8.78 Å². The zero-order chi connectivity index (χ0) is 23.0. The Hall–Kier alpha value is -3.72. The van der Waals surface area contributed by atoms with E-state index in [0.717, 1.165) is 6.26 Å². The van der Waals surface area contributed by atoms with Gasteiger partial charge in [-0.1, -0.05) is 24.3 Å². The van der Waals surface area contributed by atoms with Crippen molar-refractivity contribution in [2.45, 2.75) is 11.3 Å². The van der Waals surface area contributed by atoms with Crippen molar-refractivity contribution in [3.8, 4) is 39.6 Å². The Morgan fingerprint density at radius 2 is 1.31 bits per heavy atom. The maximum absolute atomic E-state index is 14.1. The third-order valence-electron chi connectivity index (χ3n) is 4.93. The fourth-order valence-electron chi connectivity index (χ4n) is 3.41. The van der Waals surface area contributed by atoms with Crippen LogP contribution in [0.1, 0.15) is 12.1 Å². The van der Waals surface area contributed by atoms with Gasteiger partial charge in [0.1, 0.15) is 17.2 Å². The van der Waals surface area contributed by atoms with E-state index in [4.69, 9.17) is 0 Å². The molecule has 0 amide bonds. The van der Waals surface area contributed by atoms with E-state index >= 15 is 0 Å². The first-order valence-electron chi connectivity index (χ1n) is 9.45. The number of benzene rings is 3. The molecule has 4 rings (SSSR count). The number of phenols is 2. The summed E-state index contributed by atoms with van der Waals surface area (Å²) in [6.45, 7) is 0. The minimum absolute atomic E-state index is 0.00722. The molecule has 0 atom stereocenters. The van der Waals surface area contributed by atoms with Crippen LogP contribution >= 0.6 is 0 Å². The second-order valence-electron chi connectivity index (χ2n) is 7.18. The molecule has 0 saturated carbocycles. The van der Waals surface area contributed by atoms with E-state index in [2.05, 4.69) is 5.10 Å². The molecular weight excluding hydrogens is 438 g/mol. The van der Waals surface area contributed by atoms with E-state index < -0.39 is 22.0 Å². The number of rotatable bonds is 5. The highest BCUT2D eigenvalue weighted by Gasteiger charge is 2.27. The number of hydrogen-bond donors (Lipinski definition) is 2. The number of hydrogen-bond acceptors (Lipinski definition) is 5. The summed E-state index contributed by atoms with van der Waals surface area (Å²) in [5, 5.41) is 23.4. The fraction of sp³-hybridized carbons (Fsp3) is 0.0870.